The lowest BCUT2D eigenvalue weighted by atomic mass is 10.1. The fourth-order valence-electron chi connectivity index (χ4n) is 1.72. The van der Waals surface area contributed by atoms with Crippen LogP contribution in [0.15, 0.2) is 29.6 Å². The fourth-order valence-corrected chi connectivity index (χ4v) is 2.51. The molecule has 0 saturated heterocycles. The normalized spacial score (nSPS) is 9.89. The Balaban J connectivity index is 1.96. The molecule has 0 saturated carbocycles. The first-order valence-electron chi connectivity index (χ1n) is 5.95. The first-order chi connectivity index (χ1) is 9.17. The number of aryl methyl sites for hydroxylation is 2. The van der Waals surface area contributed by atoms with Crippen molar-refractivity contribution in [2.45, 2.75) is 19.8 Å². The van der Waals surface area contributed by atoms with Gasteiger partial charge < -0.3 is 5.32 Å². The van der Waals surface area contributed by atoms with Crippen LogP contribution in [0, 0.1) is 12.3 Å². The summed E-state index contributed by atoms with van der Waals surface area (Å²) in [6.07, 6.45) is 7.10. The summed E-state index contributed by atoms with van der Waals surface area (Å²) >= 11 is 1.45. The third-order valence-electron chi connectivity index (χ3n) is 2.60. The number of terminal acetylenes is 1. The lowest BCUT2D eigenvalue weighted by molar-refractivity contribution is -0.114. The number of aromatic nitrogens is 1. The summed E-state index contributed by atoms with van der Waals surface area (Å²) < 4.78 is 0. The van der Waals surface area contributed by atoms with Crippen LogP contribution in [0.5, 0.6) is 0 Å². The van der Waals surface area contributed by atoms with Crippen molar-refractivity contribution in [1.82, 2.24) is 4.98 Å². The molecule has 1 heterocycles. The maximum atomic E-state index is 10.9. The summed E-state index contributed by atoms with van der Waals surface area (Å²) in [5.41, 5.74) is 3.08. The molecule has 2 aromatic rings. The van der Waals surface area contributed by atoms with Crippen LogP contribution < -0.4 is 5.32 Å². The van der Waals surface area contributed by atoms with Crippen LogP contribution >= 0.6 is 11.3 Å². The molecular weight excluding hydrogens is 256 g/mol. The Morgan fingerprint density at radius 3 is 3.05 bits per heavy atom. The highest BCUT2D eigenvalue weighted by Crippen LogP contribution is 2.17. The van der Waals surface area contributed by atoms with Gasteiger partial charge in [0.15, 0.2) is 5.13 Å². The maximum absolute atomic E-state index is 10.9. The summed E-state index contributed by atoms with van der Waals surface area (Å²) in [4.78, 5) is 15.3. The number of hydrogen-bond donors (Lipinski definition) is 1. The Kier molecular flexibility index (Phi) is 4.32. The zero-order valence-corrected chi connectivity index (χ0v) is 11.5. The molecule has 0 unspecified atom stereocenters. The number of carbonyl (C=O) groups is 1. The quantitative estimate of drug-likeness (QED) is 0.868. The van der Waals surface area contributed by atoms with Crippen molar-refractivity contribution in [3.8, 4) is 12.3 Å². The summed E-state index contributed by atoms with van der Waals surface area (Å²) in [6.45, 7) is 1.48. The van der Waals surface area contributed by atoms with Gasteiger partial charge in [-0.25, -0.2) is 4.98 Å². The van der Waals surface area contributed by atoms with E-state index in [1.54, 1.807) is 0 Å². The van der Waals surface area contributed by atoms with Gasteiger partial charge in [0, 0.05) is 17.9 Å². The van der Waals surface area contributed by atoms with Crippen LogP contribution in [0.2, 0.25) is 0 Å². The number of nitrogens with zero attached hydrogens (tertiary/aromatic N) is 1. The van der Waals surface area contributed by atoms with E-state index in [1.165, 1.54) is 23.8 Å². The molecule has 1 N–H and O–H groups in total. The van der Waals surface area contributed by atoms with Gasteiger partial charge in [0.1, 0.15) is 0 Å². The largest absolute Gasteiger partial charge is 0.302 e. The van der Waals surface area contributed by atoms with Crippen molar-refractivity contribution >= 4 is 22.4 Å². The lowest BCUT2D eigenvalue weighted by Crippen LogP contribution is -2.05. The van der Waals surface area contributed by atoms with Crippen LogP contribution in [-0.2, 0) is 17.6 Å². The molecule has 0 fully saturated rings. The van der Waals surface area contributed by atoms with E-state index in [9.17, 15) is 4.79 Å². The lowest BCUT2D eigenvalue weighted by Gasteiger charge is -2.00. The van der Waals surface area contributed by atoms with E-state index in [4.69, 9.17) is 6.42 Å². The summed E-state index contributed by atoms with van der Waals surface area (Å²) in [5.74, 6) is 2.54. The van der Waals surface area contributed by atoms with E-state index >= 15 is 0 Å². The van der Waals surface area contributed by atoms with Gasteiger partial charge in [0.2, 0.25) is 5.91 Å². The summed E-state index contributed by atoms with van der Waals surface area (Å²) in [7, 11) is 0. The number of amides is 1. The molecule has 96 valence electrons. The van der Waals surface area contributed by atoms with E-state index < -0.39 is 0 Å². The zero-order chi connectivity index (χ0) is 13.7. The molecule has 1 aromatic carbocycles. The van der Waals surface area contributed by atoms with E-state index in [1.807, 2.05) is 23.6 Å². The van der Waals surface area contributed by atoms with Gasteiger partial charge in [-0.15, -0.1) is 17.8 Å². The second-order valence-electron chi connectivity index (χ2n) is 4.17. The minimum absolute atomic E-state index is 0.0948. The van der Waals surface area contributed by atoms with Gasteiger partial charge in [-0.1, -0.05) is 18.1 Å². The van der Waals surface area contributed by atoms with Gasteiger partial charge in [0.25, 0.3) is 0 Å². The predicted octanol–water partition coefficient (Wildman–Crippen LogP) is 2.87. The Morgan fingerprint density at radius 1 is 1.47 bits per heavy atom. The monoisotopic (exact) mass is 270 g/mol. The molecule has 0 atom stereocenters. The highest BCUT2D eigenvalue weighted by Gasteiger charge is 2.04. The average Bonchev–Trinajstić information content (AvgIpc) is 2.83. The molecule has 2 rings (SSSR count). The fraction of sp³-hybridized carbons (Fsp3) is 0.200. The number of anilines is 1. The third kappa shape index (κ3) is 3.94. The van der Waals surface area contributed by atoms with Crippen LogP contribution in [-0.4, -0.2) is 10.9 Å². The number of benzene rings is 1. The Morgan fingerprint density at radius 2 is 2.32 bits per heavy atom. The Hall–Kier alpha value is -2.12. The molecule has 3 nitrogen and oxygen atoms in total. The van der Waals surface area contributed by atoms with Gasteiger partial charge in [-0.05, 0) is 30.5 Å². The number of thiazole rings is 1. The highest BCUT2D eigenvalue weighted by atomic mass is 32.1. The van der Waals surface area contributed by atoms with Gasteiger partial charge in [-0.3, -0.25) is 4.79 Å². The van der Waals surface area contributed by atoms with Crippen LogP contribution in [0.3, 0.4) is 0 Å². The van der Waals surface area contributed by atoms with Crippen molar-refractivity contribution in [2.75, 3.05) is 5.32 Å². The molecule has 0 bridgehead atoms. The number of rotatable bonds is 4. The van der Waals surface area contributed by atoms with E-state index in [2.05, 4.69) is 22.3 Å². The van der Waals surface area contributed by atoms with Gasteiger partial charge in [0.05, 0.1) is 5.69 Å². The van der Waals surface area contributed by atoms with Crippen molar-refractivity contribution in [3.63, 3.8) is 0 Å². The van der Waals surface area contributed by atoms with E-state index in [-0.39, 0.29) is 5.91 Å². The standard InChI is InChI=1S/C15H14N2OS/c1-3-12-5-4-6-13(9-12)7-8-14-10-19-15(17-14)16-11(2)18/h1,4-6,9-10H,7-8H2,2H3,(H,16,17,18). The van der Waals surface area contributed by atoms with Crippen LogP contribution in [0.4, 0.5) is 5.13 Å². The number of hydrogen-bond acceptors (Lipinski definition) is 3. The first kappa shape index (κ1) is 13.3. The molecule has 0 aliphatic heterocycles. The molecule has 0 aliphatic carbocycles. The van der Waals surface area contributed by atoms with Crippen LogP contribution in [0.25, 0.3) is 0 Å². The molecule has 1 amide bonds. The van der Waals surface area contributed by atoms with Gasteiger partial charge >= 0.3 is 0 Å². The van der Waals surface area contributed by atoms with Crippen molar-refractivity contribution < 1.29 is 4.79 Å². The Labute approximate surface area is 116 Å². The molecule has 4 heteroatoms. The molecule has 0 aliphatic rings. The number of carbonyl (C=O) groups excluding carboxylic acids is 1. The molecule has 0 radical (unpaired) electrons. The van der Waals surface area contributed by atoms with E-state index in [0.717, 1.165) is 24.1 Å². The second kappa shape index (κ2) is 6.17. The average molecular weight is 270 g/mol. The molecule has 1 aromatic heterocycles. The Bertz CT molecular complexity index is 625. The predicted molar refractivity (Wildman–Crippen MR) is 78.2 cm³/mol. The highest BCUT2D eigenvalue weighted by molar-refractivity contribution is 7.13. The second-order valence-corrected chi connectivity index (χ2v) is 5.03. The van der Waals surface area contributed by atoms with Crippen LogP contribution in [0.1, 0.15) is 23.7 Å². The summed E-state index contributed by atoms with van der Waals surface area (Å²) in [6, 6.07) is 7.96. The molecule has 19 heavy (non-hydrogen) atoms. The molecule has 0 spiro atoms. The van der Waals surface area contributed by atoms with E-state index in [0.29, 0.717) is 5.13 Å². The van der Waals surface area contributed by atoms with Gasteiger partial charge in [-0.2, -0.15) is 0 Å². The minimum atomic E-state index is -0.0948. The van der Waals surface area contributed by atoms with Crippen molar-refractivity contribution in [3.05, 3.63) is 46.5 Å². The third-order valence-corrected chi connectivity index (χ3v) is 3.40. The van der Waals surface area contributed by atoms with Crippen molar-refractivity contribution in [1.29, 1.82) is 0 Å². The molecular formula is C15H14N2OS. The smallest absolute Gasteiger partial charge is 0.223 e. The van der Waals surface area contributed by atoms with Crippen molar-refractivity contribution in [2.24, 2.45) is 0 Å². The topological polar surface area (TPSA) is 42.0 Å². The minimum Gasteiger partial charge on any atom is -0.302 e. The first-order valence-corrected chi connectivity index (χ1v) is 6.83. The zero-order valence-electron chi connectivity index (χ0n) is 10.6. The summed E-state index contributed by atoms with van der Waals surface area (Å²) in [5, 5.41) is 5.30. The SMILES string of the molecule is C#Cc1cccc(CCc2csc(NC(C)=O)n2)c1. The number of nitrogens with one attached hydrogen (secondary N) is 1. The maximum Gasteiger partial charge on any atom is 0.223 e.